The van der Waals surface area contributed by atoms with Crippen LogP contribution in [0.1, 0.15) is 38.3 Å². The Hall–Kier alpha value is -3.75. The maximum atomic E-state index is 13.8. The van der Waals surface area contributed by atoms with Gasteiger partial charge in [0.25, 0.3) is 0 Å². The van der Waals surface area contributed by atoms with E-state index in [-0.39, 0.29) is 23.7 Å². The molecule has 4 aromatic rings. The van der Waals surface area contributed by atoms with Gasteiger partial charge < -0.3 is 18.8 Å². The maximum absolute atomic E-state index is 13.8. The van der Waals surface area contributed by atoms with Crippen molar-refractivity contribution in [2.75, 3.05) is 39.9 Å². The number of amides is 1. The topological polar surface area (TPSA) is 59.3 Å². The summed E-state index contributed by atoms with van der Waals surface area (Å²) in [5.41, 5.74) is 5.75. The fourth-order valence-electron chi connectivity index (χ4n) is 6.37. The highest BCUT2D eigenvalue weighted by Crippen LogP contribution is 2.31. The minimum atomic E-state index is -0.267. The van der Waals surface area contributed by atoms with E-state index in [1.165, 1.54) is 12.1 Å². The number of hydrogen-bond donors (Lipinski definition) is 0. The van der Waals surface area contributed by atoms with Crippen molar-refractivity contribution >= 4 is 11.6 Å². The van der Waals surface area contributed by atoms with Gasteiger partial charge in [-0.2, -0.15) is 0 Å². The number of hydrogen-bond acceptors (Lipinski definition) is 5. The molecule has 1 amide bonds. The van der Waals surface area contributed by atoms with Gasteiger partial charge in [-0.25, -0.2) is 9.37 Å². The Kier molecular flexibility index (Phi) is 8.53. The number of imidazole rings is 1. The lowest BCUT2D eigenvalue weighted by Gasteiger charge is -2.38. The van der Waals surface area contributed by atoms with Gasteiger partial charge in [0.2, 0.25) is 5.91 Å². The van der Waals surface area contributed by atoms with Gasteiger partial charge in [-0.05, 0) is 85.8 Å². The van der Waals surface area contributed by atoms with Crippen LogP contribution in [-0.2, 0) is 16.1 Å². The molecule has 1 aliphatic carbocycles. The first-order valence-corrected chi connectivity index (χ1v) is 15.1. The second-order valence-corrected chi connectivity index (χ2v) is 11.3. The first-order valence-electron chi connectivity index (χ1n) is 15.1. The molecule has 2 aromatic heterocycles. The molecule has 2 aromatic carbocycles. The number of carbonyl (C=O) groups excluding carboxylic acids is 1. The molecule has 220 valence electrons. The molecular weight excluding hydrogens is 531 g/mol. The van der Waals surface area contributed by atoms with Gasteiger partial charge in [0.1, 0.15) is 17.2 Å². The largest absolute Gasteiger partial charge is 0.494 e. The van der Waals surface area contributed by atoms with Crippen molar-refractivity contribution in [2.24, 2.45) is 5.92 Å². The molecule has 2 atom stereocenters. The number of carbonyl (C=O) groups is 1. The van der Waals surface area contributed by atoms with Gasteiger partial charge in [0.15, 0.2) is 0 Å². The van der Waals surface area contributed by atoms with Crippen LogP contribution < -0.4 is 4.74 Å². The lowest BCUT2D eigenvalue weighted by molar-refractivity contribution is -0.140. The molecule has 1 aliphatic heterocycles. The van der Waals surface area contributed by atoms with Crippen LogP contribution in [0.25, 0.3) is 28.0 Å². The van der Waals surface area contributed by atoms with Crippen molar-refractivity contribution in [1.82, 2.24) is 19.2 Å². The summed E-state index contributed by atoms with van der Waals surface area (Å²) in [5.74, 6) is 0.915. The number of aromatic nitrogens is 2. The molecule has 7 nitrogen and oxygen atoms in total. The van der Waals surface area contributed by atoms with Gasteiger partial charge in [-0.3, -0.25) is 9.69 Å². The van der Waals surface area contributed by atoms with Crippen molar-refractivity contribution in [3.05, 3.63) is 78.4 Å². The molecule has 2 unspecified atom stereocenters. The van der Waals surface area contributed by atoms with E-state index in [2.05, 4.69) is 33.7 Å². The average Bonchev–Trinajstić information content (AvgIpc) is 3.39. The molecule has 0 spiro atoms. The number of nitrogens with zero attached hydrogens (tertiary/aromatic N) is 4. The van der Waals surface area contributed by atoms with Crippen molar-refractivity contribution in [1.29, 1.82) is 0 Å². The Balaban J connectivity index is 1.26. The quantitative estimate of drug-likeness (QED) is 0.258. The van der Waals surface area contributed by atoms with Crippen LogP contribution in [0.4, 0.5) is 4.39 Å². The second kappa shape index (κ2) is 12.6. The number of benzene rings is 2. The molecule has 0 radical (unpaired) electrons. The average molecular weight is 571 g/mol. The van der Waals surface area contributed by atoms with Gasteiger partial charge in [-0.15, -0.1) is 0 Å². The summed E-state index contributed by atoms with van der Waals surface area (Å²) in [7, 11) is 1.75. The molecule has 0 N–H and O–H groups in total. The summed E-state index contributed by atoms with van der Waals surface area (Å²) < 4.78 is 27.3. The normalized spacial score (nSPS) is 19.7. The Labute approximate surface area is 246 Å². The number of halogens is 1. The van der Waals surface area contributed by atoms with E-state index in [0.29, 0.717) is 26.2 Å². The predicted octanol–water partition coefficient (Wildman–Crippen LogP) is 6.06. The SMILES string of the molecule is CCOc1cccc(-c2ccc3nc(-c4ccc(F)cc4)c(CN4CCN(C(=O)C5CCCC(OC)C5)CC4)n3c2)c1. The van der Waals surface area contributed by atoms with E-state index in [9.17, 15) is 9.18 Å². The maximum Gasteiger partial charge on any atom is 0.225 e. The highest BCUT2D eigenvalue weighted by atomic mass is 19.1. The van der Waals surface area contributed by atoms with Crippen LogP contribution in [0.15, 0.2) is 66.9 Å². The highest BCUT2D eigenvalue weighted by molar-refractivity contribution is 5.79. The number of piperazine rings is 1. The van der Waals surface area contributed by atoms with E-state index in [4.69, 9.17) is 14.5 Å². The zero-order valence-electron chi connectivity index (χ0n) is 24.5. The van der Waals surface area contributed by atoms with Crippen LogP contribution in [0, 0.1) is 11.7 Å². The van der Waals surface area contributed by atoms with E-state index >= 15 is 0 Å². The molecule has 42 heavy (non-hydrogen) atoms. The van der Waals surface area contributed by atoms with Crippen molar-refractivity contribution in [2.45, 2.75) is 45.3 Å². The summed E-state index contributed by atoms with van der Waals surface area (Å²) in [6.45, 7) is 6.28. The van der Waals surface area contributed by atoms with Gasteiger partial charge >= 0.3 is 0 Å². The number of fused-ring (bicyclic) bond motifs is 1. The summed E-state index contributed by atoms with van der Waals surface area (Å²) in [5, 5.41) is 0. The predicted molar refractivity (Wildman–Crippen MR) is 162 cm³/mol. The van der Waals surface area contributed by atoms with Crippen LogP contribution in [0.5, 0.6) is 5.75 Å². The van der Waals surface area contributed by atoms with Crippen molar-refractivity contribution < 1.29 is 18.7 Å². The summed E-state index contributed by atoms with van der Waals surface area (Å²) in [4.78, 5) is 22.7. The van der Waals surface area contributed by atoms with Crippen LogP contribution >= 0.6 is 0 Å². The molecule has 1 saturated heterocycles. The molecule has 1 saturated carbocycles. The summed E-state index contributed by atoms with van der Waals surface area (Å²) in [6, 6.07) is 18.8. The fourth-order valence-corrected chi connectivity index (χ4v) is 6.37. The van der Waals surface area contributed by atoms with Gasteiger partial charge in [0.05, 0.1) is 24.1 Å². The van der Waals surface area contributed by atoms with E-state index < -0.39 is 0 Å². The number of rotatable bonds is 8. The smallest absolute Gasteiger partial charge is 0.225 e. The first-order chi connectivity index (χ1) is 20.5. The summed E-state index contributed by atoms with van der Waals surface area (Å²) >= 11 is 0. The van der Waals surface area contributed by atoms with Gasteiger partial charge in [0, 0.05) is 57.5 Å². The monoisotopic (exact) mass is 570 g/mol. The molecule has 0 bridgehead atoms. The zero-order valence-corrected chi connectivity index (χ0v) is 24.5. The van der Waals surface area contributed by atoms with E-state index in [1.807, 2.05) is 30.0 Å². The Morgan fingerprint density at radius 2 is 1.76 bits per heavy atom. The lowest BCUT2D eigenvalue weighted by Crippen LogP contribution is -2.50. The third-order valence-corrected chi connectivity index (χ3v) is 8.68. The standard InChI is InChI=1S/C34H39FN4O3/c1-3-42-30-9-4-6-25(20-30)27-12-15-32-36-33(24-10-13-28(35)14-11-24)31(39(32)22-27)23-37-16-18-38(19-17-37)34(40)26-7-5-8-29(21-26)41-2/h4,6,9-15,20,22,26,29H,3,5,7-8,16-19,21,23H2,1-2H3. The Morgan fingerprint density at radius 3 is 2.52 bits per heavy atom. The molecule has 2 aliphatic rings. The zero-order chi connectivity index (χ0) is 29.1. The molecule has 3 heterocycles. The molecule has 2 fully saturated rings. The second-order valence-electron chi connectivity index (χ2n) is 11.3. The molecule has 6 rings (SSSR count). The van der Waals surface area contributed by atoms with Crippen molar-refractivity contribution in [3.8, 4) is 28.1 Å². The van der Waals surface area contributed by atoms with Gasteiger partial charge in [-0.1, -0.05) is 18.6 Å². The minimum Gasteiger partial charge on any atom is -0.494 e. The Morgan fingerprint density at radius 1 is 0.976 bits per heavy atom. The summed E-state index contributed by atoms with van der Waals surface area (Å²) in [6.07, 6.45) is 6.20. The van der Waals surface area contributed by atoms with Crippen LogP contribution in [0.3, 0.4) is 0 Å². The highest BCUT2D eigenvalue weighted by Gasteiger charge is 2.32. The fraction of sp³-hybridized carbons (Fsp3) is 0.412. The number of methoxy groups -OCH3 is 1. The third-order valence-electron chi connectivity index (χ3n) is 8.68. The lowest BCUT2D eigenvalue weighted by atomic mass is 9.86. The van der Waals surface area contributed by atoms with Crippen molar-refractivity contribution in [3.63, 3.8) is 0 Å². The molecular formula is C34H39FN4O3. The van der Waals surface area contributed by atoms with E-state index in [1.54, 1.807) is 19.2 Å². The number of pyridine rings is 1. The van der Waals surface area contributed by atoms with Crippen LogP contribution in [-0.4, -0.2) is 71.1 Å². The van der Waals surface area contributed by atoms with Crippen LogP contribution in [0.2, 0.25) is 0 Å². The third kappa shape index (κ3) is 6.05. The van der Waals surface area contributed by atoms with E-state index in [0.717, 1.165) is 78.2 Å². The Bertz CT molecular complexity index is 1530. The first kappa shape index (κ1) is 28.4. The molecule has 8 heteroatoms. The number of ether oxygens (including phenoxy) is 2. The minimum absolute atomic E-state index is 0.0683.